The highest BCUT2D eigenvalue weighted by atomic mass is 32.2. The van der Waals surface area contributed by atoms with Crippen molar-refractivity contribution in [2.75, 3.05) is 23.7 Å². The Labute approximate surface area is 234 Å². The first-order valence-corrected chi connectivity index (χ1v) is 14.8. The fraction of sp³-hybridized carbons (Fsp3) is 0.310. The third-order valence-electron chi connectivity index (χ3n) is 6.30. The number of benzene rings is 3. The zero-order valence-electron chi connectivity index (χ0n) is 22.6. The quantitative estimate of drug-likeness (QED) is 0.179. The van der Waals surface area contributed by atoms with Gasteiger partial charge in [-0.1, -0.05) is 80.1 Å². The van der Waals surface area contributed by atoms with Gasteiger partial charge in [0.2, 0.25) is 21.8 Å². The SMILES string of the molecule is CCCCNC(=O)[C@H](Cc1ccccc1)N(Cc1ccccc1)C(=O)CN(c1cccc([N+](=O)[O-])c1)S(C)(=O)=O. The molecule has 0 aliphatic rings. The summed E-state index contributed by atoms with van der Waals surface area (Å²) in [6.45, 7) is 1.87. The zero-order chi connectivity index (χ0) is 29.1. The van der Waals surface area contributed by atoms with Crippen molar-refractivity contribution in [3.05, 3.63) is 106 Å². The van der Waals surface area contributed by atoms with E-state index in [4.69, 9.17) is 0 Å². The van der Waals surface area contributed by atoms with E-state index in [2.05, 4.69) is 5.32 Å². The first-order chi connectivity index (χ1) is 19.1. The molecule has 0 heterocycles. The van der Waals surface area contributed by atoms with Crippen molar-refractivity contribution in [3.63, 3.8) is 0 Å². The van der Waals surface area contributed by atoms with Gasteiger partial charge < -0.3 is 10.2 Å². The number of nitro benzene ring substituents is 1. The Bertz CT molecular complexity index is 1400. The number of anilines is 1. The molecule has 3 aromatic carbocycles. The van der Waals surface area contributed by atoms with Crippen LogP contribution in [0.2, 0.25) is 0 Å². The van der Waals surface area contributed by atoms with Gasteiger partial charge >= 0.3 is 0 Å². The number of carbonyl (C=O) groups excluding carboxylic acids is 2. The van der Waals surface area contributed by atoms with Gasteiger partial charge in [0.25, 0.3) is 5.69 Å². The molecular weight excluding hydrogens is 532 g/mol. The van der Waals surface area contributed by atoms with E-state index in [0.717, 1.165) is 40.6 Å². The van der Waals surface area contributed by atoms with Crippen molar-refractivity contribution in [3.8, 4) is 0 Å². The first kappa shape index (κ1) is 30.3. The number of hydrogen-bond acceptors (Lipinski definition) is 6. The molecule has 0 fully saturated rings. The number of nitrogens with one attached hydrogen (secondary N) is 1. The Morgan fingerprint density at radius 2 is 1.57 bits per heavy atom. The minimum atomic E-state index is -4.02. The van der Waals surface area contributed by atoms with Crippen LogP contribution in [0.1, 0.15) is 30.9 Å². The third kappa shape index (κ3) is 8.63. The van der Waals surface area contributed by atoms with Crippen LogP contribution in [-0.2, 0) is 32.6 Å². The molecule has 2 amide bonds. The lowest BCUT2D eigenvalue weighted by molar-refractivity contribution is -0.384. The maximum atomic E-state index is 14.0. The molecule has 0 radical (unpaired) electrons. The van der Waals surface area contributed by atoms with Crippen LogP contribution in [0.25, 0.3) is 0 Å². The summed E-state index contributed by atoms with van der Waals surface area (Å²) >= 11 is 0. The van der Waals surface area contributed by atoms with Crippen LogP contribution in [0.3, 0.4) is 0 Å². The van der Waals surface area contributed by atoms with Crippen molar-refractivity contribution < 1.29 is 22.9 Å². The Morgan fingerprint density at radius 3 is 2.15 bits per heavy atom. The second-order valence-electron chi connectivity index (χ2n) is 9.40. The number of hydrogen-bond donors (Lipinski definition) is 1. The lowest BCUT2D eigenvalue weighted by Gasteiger charge is -2.33. The van der Waals surface area contributed by atoms with Crippen LogP contribution in [-0.4, -0.2) is 55.4 Å². The van der Waals surface area contributed by atoms with Crippen LogP contribution in [0.15, 0.2) is 84.9 Å². The van der Waals surface area contributed by atoms with Crippen molar-refractivity contribution in [1.82, 2.24) is 10.2 Å². The minimum Gasteiger partial charge on any atom is -0.354 e. The van der Waals surface area contributed by atoms with Gasteiger partial charge in [0.15, 0.2) is 0 Å². The van der Waals surface area contributed by atoms with E-state index in [1.54, 1.807) is 0 Å². The standard InChI is InChI=1S/C29H34N4O6S/c1-3-4-18-30-29(35)27(19-23-12-7-5-8-13-23)31(21-24-14-9-6-10-15-24)28(34)22-32(40(2,38)39)25-16-11-17-26(20-25)33(36)37/h5-17,20,27H,3-4,18-19,21-22H2,1-2H3,(H,30,35)/t27-/m0/s1. The van der Waals surface area contributed by atoms with Gasteiger partial charge in [0, 0.05) is 31.6 Å². The van der Waals surface area contributed by atoms with E-state index < -0.39 is 33.4 Å². The van der Waals surface area contributed by atoms with Crippen LogP contribution in [0.4, 0.5) is 11.4 Å². The van der Waals surface area contributed by atoms with Crippen molar-refractivity contribution in [1.29, 1.82) is 0 Å². The summed E-state index contributed by atoms with van der Waals surface area (Å²) in [5.41, 5.74) is 1.27. The fourth-order valence-corrected chi connectivity index (χ4v) is 5.06. The molecule has 0 unspecified atom stereocenters. The second kappa shape index (κ2) is 14.2. The fourth-order valence-electron chi connectivity index (χ4n) is 4.22. The number of nitrogens with zero attached hydrogens (tertiary/aromatic N) is 3. The molecule has 3 rings (SSSR count). The summed E-state index contributed by atoms with van der Waals surface area (Å²) in [5.74, 6) is -0.963. The number of non-ortho nitro benzene ring substituents is 1. The predicted octanol–water partition coefficient (Wildman–Crippen LogP) is 3.92. The van der Waals surface area contributed by atoms with Crippen LogP contribution in [0, 0.1) is 10.1 Å². The highest BCUT2D eigenvalue weighted by Crippen LogP contribution is 2.24. The normalized spacial score (nSPS) is 11.8. The number of unbranched alkanes of at least 4 members (excludes halogenated alkanes) is 1. The molecule has 0 bridgehead atoms. The van der Waals surface area contributed by atoms with Gasteiger partial charge in [-0.2, -0.15) is 0 Å². The molecular formula is C29H34N4O6S. The molecule has 0 spiro atoms. The average molecular weight is 567 g/mol. The van der Waals surface area contributed by atoms with Crippen LogP contribution >= 0.6 is 0 Å². The minimum absolute atomic E-state index is 0.0169. The van der Waals surface area contributed by atoms with E-state index in [1.807, 2.05) is 67.6 Å². The van der Waals surface area contributed by atoms with Crippen LogP contribution in [0.5, 0.6) is 0 Å². The topological polar surface area (TPSA) is 130 Å². The highest BCUT2D eigenvalue weighted by molar-refractivity contribution is 7.92. The Hall–Kier alpha value is -4.25. The molecule has 0 aliphatic carbocycles. The van der Waals surface area contributed by atoms with E-state index in [0.29, 0.717) is 6.54 Å². The number of rotatable bonds is 14. The van der Waals surface area contributed by atoms with Gasteiger partial charge in [-0.3, -0.25) is 24.0 Å². The third-order valence-corrected chi connectivity index (χ3v) is 7.44. The molecule has 0 saturated carbocycles. The van der Waals surface area contributed by atoms with Crippen molar-refractivity contribution >= 4 is 33.2 Å². The van der Waals surface area contributed by atoms with Gasteiger partial charge in [-0.05, 0) is 23.6 Å². The number of amides is 2. The van der Waals surface area contributed by atoms with Gasteiger partial charge in [-0.25, -0.2) is 8.42 Å². The summed E-state index contributed by atoms with van der Waals surface area (Å²) in [6, 6.07) is 22.6. The monoisotopic (exact) mass is 566 g/mol. The van der Waals surface area contributed by atoms with Crippen molar-refractivity contribution in [2.24, 2.45) is 0 Å². The molecule has 3 aromatic rings. The number of nitro groups is 1. The molecule has 0 aromatic heterocycles. The Balaban J connectivity index is 2.03. The van der Waals surface area contributed by atoms with E-state index in [1.165, 1.54) is 23.1 Å². The van der Waals surface area contributed by atoms with Gasteiger partial charge in [0.1, 0.15) is 12.6 Å². The molecule has 11 heteroatoms. The summed E-state index contributed by atoms with van der Waals surface area (Å²) < 4.78 is 26.4. The Kier molecular flexibility index (Phi) is 10.8. The van der Waals surface area contributed by atoms with Gasteiger partial charge in [0.05, 0.1) is 16.9 Å². The molecule has 212 valence electrons. The average Bonchev–Trinajstić information content (AvgIpc) is 2.94. The summed E-state index contributed by atoms with van der Waals surface area (Å²) in [5, 5.41) is 14.2. The largest absolute Gasteiger partial charge is 0.354 e. The molecule has 1 N–H and O–H groups in total. The van der Waals surface area contributed by atoms with Gasteiger partial charge in [-0.15, -0.1) is 0 Å². The summed E-state index contributed by atoms with van der Waals surface area (Å²) in [6.07, 6.45) is 2.79. The van der Waals surface area contributed by atoms with E-state index >= 15 is 0 Å². The molecule has 0 saturated heterocycles. The molecule has 1 atom stereocenters. The number of sulfonamides is 1. The van der Waals surface area contributed by atoms with Crippen LogP contribution < -0.4 is 9.62 Å². The van der Waals surface area contributed by atoms with Crippen molar-refractivity contribution in [2.45, 2.75) is 38.8 Å². The molecule has 10 nitrogen and oxygen atoms in total. The maximum absolute atomic E-state index is 14.0. The second-order valence-corrected chi connectivity index (χ2v) is 11.3. The first-order valence-electron chi connectivity index (χ1n) is 13.0. The summed E-state index contributed by atoms with van der Waals surface area (Å²) in [4.78, 5) is 39.6. The summed E-state index contributed by atoms with van der Waals surface area (Å²) in [7, 11) is -4.02. The molecule has 0 aliphatic heterocycles. The molecule has 40 heavy (non-hydrogen) atoms. The van der Waals surface area contributed by atoms with E-state index in [9.17, 15) is 28.1 Å². The maximum Gasteiger partial charge on any atom is 0.271 e. The zero-order valence-corrected chi connectivity index (χ0v) is 23.4. The number of carbonyl (C=O) groups is 2. The Morgan fingerprint density at radius 1 is 0.950 bits per heavy atom. The smallest absolute Gasteiger partial charge is 0.271 e. The lowest BCUT2D eigenvalue weighted by atomic mass is 10.0. The predicted molar refractivity (Wildman–Crippen MR) is 154 cm³/mol. The lowest BCUT2D eigenvalue weighted by Crippen LogP contribution is -2.53. The highest BCUT2D eigenvalue weighted by Gasteiger charge is 2.33. The van der Waals surface area contributed by atoms with E-state index in [-0.39, 0.29) is 30.2 Å².